The smallest absolute Gasteiger partial charge is 0.274 e. The van der Waals surface area contributed by atoms with Gasteiger partial charge in [0.2, 0.25) is 0 Å². The Morgan fingerprint density at radius 3 is 2.63 bits per heavy atom. The van der Waals surface area contributed by atoms with E-state index in [2.05, 4.69) is 12.2 Å². The van der Waals surface area contributed by atoms with Crippen LogP contribution in [0, 0.1) is 23.0 Å². The Kier molecular flexibility index (Phi) is 4.40. The Balaban J connectivity index is 2.05. The third-order valence-corrected chi connectivity index (χ3v) is 4.16. The van der Waals surface area contributed by atoms with Gasteiger partial charge in [-0.2, -0.15) is 0 Å². The summed E-state index contributed by atoms with van der Waals surface area (Å²) in [4.78, 5) is 10.6. The molecule has 1 aromatic rings. The summed E-state index contributed by atoms with van der Waals surface area (Å²) in [7, 11) is 0. The van der Waals surface area contributed by atoms with E-state index in [1.54, 1.807) is 13.0 Å². The van der Waals surface area contributed by atoms with Crippen LogP contribution in [-0.2, 0) is 0 Å². The fraction of sp³-hybridized carbons (Fsp3) is 0.600. The Morgan fingerprint density at radius 2 is 2.00 bits per heavy atom. The van der Waals surface area contributed by atoms with Crippen molar-refractivity contribution in [2.45, 2.75) is 52.0 Å². The molecule has 1 saturated carbocycles. The van der Waals surface area contributed by atoms with Gasteiger partial charge in [-0.05, 0) is 38.7 Å². The van der Waals surface area contributed by atoms with E-state index in [0.717, 1.165) is 5.69 Å². The number of benzene rings is 1. The molecule has 1 aliphatic rings. The quantitative estimate of drug-likeness (QED) is 0.650. The number of nitro groups is 1. The molecule has 4 nitrogen and oxygen atoms in total. The largest absolute Gasteiger partial charge is 0.382 e. The Bertz CT molecular complexity index is 453. The van der Waals surface area contributed by atoms with Gasteiger partial charge >= 0.3 is 0 Å². The lowest BCUT2D eigenvalue weighted by atomic mass is 9.84. The van der Waals surface area contributed by atoms with Crippen LogP contribution >= 0.6 is 0 Å². The number of hydrogen-bond donors (Lipinski definition) is 1. The molecule has 4 heteroatoms. The second kappa shape index (κ2) is 6.04. The lowest BCUT2D eigenvalue weighted by Crippen LogP contribution is -2.27. The molecule has 2 rings (SSSR count). The second-order valence-electron chi connectivity index (χ2n) is 5.59. The lowest BCUT2D eigenvalue weighted by molar-refractivity contribution is -0.385. The number of nitrogens with one attached hydrogen (secondary N) is 1. The van der Waals surface area contributed by atoms with Gasteiger partial charge < -0.3 is 5.32 Å². The molecule has 0 aromatic heterocycles. The molecule has 0 spiro atoms. The van der Waals surface area contributed by atoms with Crippen LogP contribution in [0.3, 0.4) is 0 Å². The molecule has 0 heterocycles. The zero-order chi connectivity index (χ0) is 13.8. The summed E-state index contributed by atoms with van der Waals surface area (Å²) >= 11 is 0. The Hall–Kier alpha value is -1.58. The van der Waals surface area contributed by atoms with Gasteiger partial charge in [0.15, 0.2) is 0 Å². The predicted octanol–water partition coefficient (Wildman–Crippen LogP) is 4.28. The van der Waals surface area contributed by atoms with Crippen LogP contribution in [0.4, 0.5) is 11.4 Å². The van der Waals surface area contributed by atoms with Crippen molar-refractivity contribution in [1.29, 1.82) is 0 Å². The van der Waals surface area contributed by atoms with Crippen molar-refractivity contribution in [3.05, 3.63) is 33.9 Å². The fourth-order valence-corrected chi connectivity index (χ4v) is 2.91. The van der Waals surface area contributed by atoms with Crippen LogP contribution in [0.5, 0.6) is 0 Å². The van der Waals surface area contributed by atoms with Gasteiger partial charge in [0.1, 0.15) is 0 Å². The third-order valence-electron chi connectivity index (χ3n) is 4.16. The van der Waals surface area contributed by atoms with E-state index < -0.39 is 0 Å². The molecule has 1 aliphatic carbocycles. The molecular weight excluding hydrogens is 240 g/mol. The highest BCUT2D eigenvalue weighted by atomic mass is 16.6. The molecule has 0 bridgehead atoms. The van der Waals surface area contributed by atoms with Crippen LogP contribution in [-0.4, -0.2) is 11.0 Å². The van der Waals surface area contributed by atoms with Crippen LogP contribution in [0.25, 0.3) is 0 Å². The average molecular weight is 262 g/mol. The van der Waals surface area contributed by atoms with Crippen molar-refractivity contribution in [1.82, 2.24) is 0 Å². The van der Waals surface area contributed by atoms with E-state index in [1.807, 2.05) is 12.1 Å². The number of aryl methyl sites for hydroxylation is 1. The van der Waals surface area contributed by atoms with Gasteiger partial charge in [0.05, 0.1) is 4.92 Å². The van der Waals surface area contributed by atoms with Gasteiger partial charge in [-0.3, -0.25) is 10.1 Å². The molecule has 1 aromatic carbocycles. The molecule has 104 valence electrons. The van der Waals surface area contributed by atoms with Gasteiger partial charge in [-0.15, -0.1) is 0 Å². The highest BCUT2D eigenvalue weighted by Gasteiger charge is 2.20. The van der Waals surface area contributed by atoms with Crippen molar-refractivity contribution in [2.24, 2.45) is 5.92 Å². The zero-order valence-electron chi connectivity index (χ0n) is 11.7. The normalized spacial score (nSPS) is 18.0. The van der Waals surface area contributed by atoms with Crippen LogP contribution in [0.1, 0.15) is 44.6 Å². The second-order valence-corrected chi connectivity index (χ2v) is 5.59. The van der Waals surface area contributed by atoms with E-state index in [-0.39, 0.29) is 10.6 Å². The first-order valence-electron chi connectivity index (χ1n) is 7.09. The molecule has 1 N–H and O–H groups in total. The van der Waals surface area contributed by atoms with E-state index in [4.69, 9.17) is 0 Å². The molecule has 0 radical (unpaired) electrons. The molecule has 0 amide bonds. The van der Waals surface area contributed by atoms with Crippen molar-refractivity contribution < 1.29 is 4.92 Å². The summed E-state index contributed by atoms with van der Waals surface area (Å²) < 4.78 is 0. The van der Waals surface area contributed by atoms with Crippen molar-refractivity contribution in [3.8, 4) is 0 Å². The number of nitro benzene ring substituents is 1. The number of rotatable bonds is 4. The average Bonchev–Trinajstić information content (AvgIpc) is 2.41. The summed E-state index contributed by atoms with van der Waals surface area (Å²) in [6, 6.07) is 5.77. The first kappa shape index (κ1) is 13.8. The summed E-state index contributed by atoms with van der Waals surface area (Å²) in [5.41, 5.74) is 1.76. The monoisotopic (exact) mass is 262 g/mol. The summed E-state index contributed by atoms with van der Waals surface area (Å²) in [6.07, 6.45) is 6.50. The molecule has 0 aliphatic heterocycles. The van der Waals surface area contributed by atoms with Crippen LogP contribution < -0.4 is 5.32 Å². The van der Waals surface area contributed by atoms with Crippen LogP contribution in [0.2, 0.25) is 0 Å². The van der Waals surface area contributed by atoms with Crippen molar-refractivity contribution >= 4 is 11.4 Å². The minimum atomic E-state index is -0.314. The maximum atomic E-state index is 10.9. The first-order chi connectivity index (χ1) is 9.08. The minimum absolute atomic E-state index is 0.195. The van der Waals surface area contributed by atoms with E-state index in [1.165, 1.54) is 32.1 Å². The fourth-order valence-electron chi connectivity index (χ4n) is 2.91. The van der Waals surface area contributed by atoms with E-state index >= 15 is 0 Å². The molecule has 1 unspecified atom stereocenters. The maximum absolute atomic E-state index is 10.9. The molecule has 19 heavy (non-hydrogen) atoms. The topological polar surface area (TPSA) is 55.2 Å². The highest BCUT2D eigenvalue weighted by molar-refractivity contribution is 5.55. The predicted molar refractivity (Wildman–Crippen MR) is 77.5 cm³/mol. The third kappa shape index (κ3) is 3.46. The summed E-state index contributed by atoms with van der Waals surface area (Å²) in [5.74, 6) is 0.689. The van der Waals surface area contributed by atoms with Gasteiger partial charge in [-0.1, -0.05) is 25.3 Å². The summed E-state index contributed by atoms with van der Waals surface area (Å²) in [5, 5.41) is 14.4. The maximum Gasteiger partial charge on any atom is 0.274 e. The van der Waals surface area contributed by atoms with Crippen molar-refractivity contribution in [2.75, 3.05) is 5.32 Å². The van der Waals surface area contributed by atoms with Gasteiger partial charge in [-0.25, -0.2) is 0 Å². The molecule has 0 saturated heterocycles. The molecular formula is C15H22N2O2. The number of anilines is 1. The summed E-state index contributed by atoms with van der Waals surface area (Å²) in [6.45, 7) is 3.95. The van der Waals surface area contributed by atoms with E-state index in [0.29, 0.717) is 17.5 Å². The molecule has 1 atom stereocenters. The highest BCUT2D eigenvalue weighted by Crippen LogP contribution is 2.29. The number of hydrogen-bond acceptors (Lipinski definition) is 3. The van der Waals surface area contributed by atoms with E-state index in [9.17, 15) is 10.1 Å². The Labute approximate surface area is 114 Å². The first-order valence-corrected chi connectivity index (χ1v) is 7.09. The molecule has 1 fully saturated rings. The minimum Gasteiger partial charge on any atom is -0.382 e. The lowest BCUT2D eigenvalue weighted by Gasteiger charge is -2.29. The zero-order valence-corrected chi connectivity index (χ0v) is 11.7. The van der Waals surface area contributed by atoms with Crippen LogP contribution in [0.15, 0.2) is 18.2 Å². The Morgan fingerprint density at radius 1 is 1.32 bits per heavy atom. The van der Waals surface area contributed by atoms with Gasteiger partial charge in [0, 0.05) is 23.4 Å². The standard InChI is InChI=1S/C15H22N2O2/c1-11-8-9-14(10-15(11)17(18)19)16-12(2)13-6-4-3-5-7-13/h8-10,12-13,16H,3-7H2,1-2H3. The van der Waals surface area contributed by atoms with Gasteiger partial charge in [0.25, 0.3) is 5.69 Å². The van der Waals surface area contributed by atoms with Crippen molar-refractivity contribution in [3.63, 3.8) is 0 Å². The SMILES string of the molecule is Cc1ccc(NC(C)C2CCCCC2)cc1[N+](=O)[O-]. The number of nitrogens with zero attached hydrogens (tertiary/aromatic N) is 1.